The van der Waals surface area contributed by atoms with Crippen LogP contribution in [0.15, 0.2) is 77.6 Å². The summed E-state index contributed by atoms with van der Waals surface area (Å²) < 4.78 is 5.45. The normalized spacial score (nSPS) is 10.8. The van der Waals surface area contributed by atoms with Crippen molar-refractivity contribution < 1.29 is 9.53 Å². The molecular weight excluding hydrogens is 402 g/mol. The molecule has 3 aromatic carbocycles. The number of carbonyl (C=O) groups excluding carboxylic acids is 1. The molecule has 0 aliphatic heterocycles. The molecule has 0 atom stereocenters. The summed E-state index contributed by atoms with van der Waals surface area (Å²) in [5.41, 5.74) is 3.29. The summed E-state index contributed by atoms with van der Waals surface area (Å²) >= 11 is 0. The van der Waals surface area contributed by atoms with E-state index in [-0.39, 0.29) is 24.4 Å². The molecule has 4 rings (SSSR count). The molecule has 4 aromatic rings. The number of methoxy groups -OCH3 is 1. The van der Waals surface area contributed by atoms with Crippen molar-refractivity contribution in [3.63, 3.8) is 0 Å². The third-order valence-corrected chi connectivity index (χ3v) is 5.35. The van der Waals surface area contributed by atoms with E-state index >= 15 is 0 Å². The van der Waals surface area contributed by atoms with Crippen molar-refractivity contribution in [3.05, 3.63) is 106 Å². The molecule has 0 fully saturated rings. The lowest BCUT2D eigenvalue weighted by Gasteiger charge is -2.23. The van der Waals surface area contributed by atoms with Crippen LogP contribution in [0.2, 0.25) is 0 Å². The minimum Gasteiger partial charge on any atom is -0.496 e. The standard InChI is InChI=1S/C26H25N3O3/c1-18-12-13-23(32-2)20(14-18)15-25(30)29(16-19-8-4-3-5-9-19)17-24-27-22-11-7-6-10-21(22)26(31)28-24/h3-14H,15-17H2,1-2H3,(H,27,28,31). The molecule has 6 heteroatoms. The first-order chi connectivity index (χ1) is 15.5. The Morgan fingerprint density at radius 2 is 1.75 bits per heavy atom. The predicted octanol–water partition coefficient (Wildman–Crippen LogP) is 4.01. The average Bonchev–Trinajstić information content (AvgIpc) is 2.79. The van der Waals surface area contributed by atoms with Gasteiger partial charge in [0.1, 0.15) is 11.6 Å². The molecule has 0 saturated heterocycles. The monoisotopic (exact) mass is 427 g/mol. The number of hydrogen-bond acceptors (Lipinski definition) is 4. The van der Waals surface area contributed by atoms with E-state index in [1.54, 1.807) is 30.2 Å². The number of hydrogen-bond donors (Lipinski definition) is 1. The number of benzene rings is 3. The Kier molecular flexibility index (Phi) is 6.31. The maximum atomic E-state index is 13.4. The molecule has 0 aliphatic rings. The van der Waals surface area contributed by atoms with Gasteiger partial charge in [0.25, 0.3) is 5.56 Å². The van der Waals surface area contributed by atoms with Gasteiger partial charge in [-0.25, -0.2) is 4.98 Å². The smallest absolute Gasteiger partial charge is 0.258 e. The highest BCUT2D eigenvalue weighted by Crippen LogP contribution is 2.22. The fraction of sp³-hybridized carbons (Fsp3) is 0.192. The van der Waals surface area contributed by atoms with Crippen LogP contribution < -0.4 is 10.3 Å². The van der Waals surface area contributed by atoms with Crippen molar-refractivity contribution >= 4 is 16.8 Å². The van der Waals surface area contributed by atoms with Crippen LogP contribution in [0, 0.1) is 6.92 Å². The Morgan fingerprint density at radius 3 is 2.53 bits per heavy atom. The summed E-state index contributed by atoms with van der Waals surface area (Å²) in [7, 11) is 1.60. The van der Waals surface area contributed by atoms with Crippen LogP contribution in [-0.4, -0.2) is 27.9 Å². The first kappa shape index (κ1) is 21.3. The van der Waals surface area contributed by atoms with Gasteiger partial charge in [0.2, 0.25) is 5.91 Å². The van der Waals surface area contributed by atoms with Crippen molar-refractivity contribution in [2.45, 2.75) is 26.4 Å². The van der Waals surface area contributed by atoms with Gasteiger partial charge in [0, 0.05) is 12.1 Å². The van der Waals surface area contributed by atoms with Crippen molar-refractivity contribution in [1.29, 1.82) is 0 Å². The van der Waals surface area contributed by atoms with Gasteiger partial charge in [0.05, 0.1) is 31.0 Å². The van der Waals surface area contributed by atoms with Crippen molar-refractivity contribution in [1.82, 2.24) is 14.9 Å². The lowest BCUT2D eigenvalue weighted by molar-refractivity contribution is -0.131. The summed E-state index contributed by atoms with van der Waals surface area (Å²) in [6.45, 7) is 2.59. The number of para-hydroxylation sites is 1. The number of aromatic amines is 1. The Morgan fingerprint density at radius 1 is 1.00 bits per heavy atom. The molecule has 1 aromatic heterocycles. The molecule has 0 unspecified atom stereocenters. The number of rotatable bonds is 7. The lowest BCUT2D eigenvalue weighted by atomic mass is 10.1. The summed E-state index contributed by atoms with van der Waals surface area (Å²) in [5.74, 6) is 1.06. The molecule has 6 nitrogen and oxygen atoms in total. The second-order valence-electron chi connectivity index (χ2n) is 7.76. The minimum absolute atomic E-state index is 0.0754. The molecule has 1 heterocycles. The van der Waals surface area contributed by atoms with Crippen molar-refractivity contribution in [2.24, 2.45) is 0 Å². The molecular formula is C26H25N3O3. The predicted molar refractivity (Wildman–Crippen MR) is 124 cm³/mol. The van der Waals surface area contributed by atoms with Crippen LogP contribution in [0.25, 0.3) is 10.9 Å². The zero-order chi connectivity index (χ0) is 22.5. The van der Waals surface area contributed by atoms with E-state index in [1.165, 1.54) is 0 Å². The largest absolute Gasteiger partial charge is 0.496 e. The number of H-pyrrole nitrogens is 1. The molecule has 32 heavy (non-hydrogen) atoms. The lowest BCUT2D eigenvalue weighted by Crippen LogP contribution is -2.33. The third kappa shape index (κ3) is 4.86. The number of carbonyl (C=O) groups is 1. The zero-order valence-corrected chi connectivity index (χ0v) is 18.2. The van der Waals surface area contributed by atoms with E-state index in [9.17, 15) is 9.59 Å². The molecule has 162 valence electrons. The summed E-state index contributed by atoms with van der Waals surface area (Å²) in [6.07, 6.45) is 0.190. The summed E-state index contributed by atoms with van der Waals surface area (Å²) in [5, 5.41) is 0.529. The van der Waals surface area contributed by atoms with E-state index in [0.717, 1.165) is 16.7 Å². The third-order valence-electron chi connectivity index (χ3n) is 5.35. The second kappa shape index (κ2) is 9.47. The number of fused-ring (bicyclic) bond motifs is 1. The van der Waals surface area contributed by atoms with Crippen LogP contribution in [0.4, 0.5) is 0 Å². The van der Waals surface area contributed by atoms with Gasteiger partial charge in [-0.2, -0.15) is 0 Å². The number of nitrogens with one attached hydrogen (secondary N) is 1. The molecule has 0 bridgehead atoms. The number of aromatic nitrogens is 2. The van der Waals surface area contributed by atoms with Crippen LogP contribution in [0.1, 0.15) is 22.5 Å². The maximum Gasteiger partial charge on any atom is 0.258 e. The van der Waals surface area contributed by atoms with Gasteiger partial charge < -0.3 is 14.6 Å². The summed E-state index contributed by atoms with van der Waals surface area (Å²) in [4.78, 5) is 35.0. The van der Waals surface area contributed by atoms with Crippen LogP contribution >= 0.6 is 0 Å². The Balaban J connectivity index is 1.65. The fourth-order valence-electron chi connectivity index (χ4n) is 3.75. The maximum absolute atomic E-state index is 13.4. The fourth-order valence-corrected chi connectivity index (χ4v) is 3.75. The Bertz CT molecular complexity index is 1300. The van der Waals surface area contributed by atoms with E-state index in [2.05, 4.69) is 9.97 Å². The quantitative estimate of drug-likeness (QED) is 0.484. The van der Waals surface area contributed by atoms with E-state index in [0.29, 0.717) is 29.0 Å². The van der Waals surface area contributed by atoms with Gasteiger partial charge in [0.15, 0.2) is 0 Å². The summed E-state index contributed by atoms with van der Waals surface area (Å²) in [6, 6.07) is 22.8. The van der Waals surface area contributed by atoms with Crippen LogP contribution in [-0.2, 0) is 24.3 Å². The van der Waals surface area contributed by atoms with Crippen molar-refractivity contribution in [3.8, 4) is 5.75 Å². The number of ether oxygens (including phenoxy) is 1. The van der Waals surface area contributed by atoms with Gasteiger partial charge in [-0.1, -0.05) is 60.2 Å². The van der Waals surface area contributed by atoms with Crippen LogP contribution in [0.3, 0.4) is 0 Å². The highest BCUT2D eigenvalue weighted by atomic mass is 16.5. The SMILES string of the molecule is COc1ccc(C)cc1CC(=O)N(Cc1ccccc1)Cc1nc2ccccc2c(=O)[nH]1. The topological polar surface area (TPSA) is 75.3 Å². The number of nitrogens with zero attached hydrogens (tertiary/aromatic N) is 2. The Hall–Kier alpha value is -3.93. The van der Waals surface area contributed by atoms with E-state index in [4.69, 9.17) is 4.74 Å². The average molecular weight is 428 g/mol. The second-order valence-corrected chi connectivity index (χ2v) is 7.76. The molecule has 1 N–H and O–H groups in total. The first-order valence-electron chi connectivity index (χ1n) is 10.5. The molecule has 0 saturated carbocycles. The van der Waals surface area contributed by atoms with Gasteiger partial charge in [-0.3, -0.25) is 9.59 Å². The first-order valence-corrected chi connectivity index (χ1v) is 10.5. The molecule has 0 radical (unpaired) electrons. The number of amides is 1. The van der Waals surface area contributed by atoms with E-state index in [1.807, 2.05) is 61.5 Å². The molecule has 0 aliphatic carbocycles. The minimum atomic E-state index is -0.210. The van der Waals surface area contributed by atoms with Crippen LogP contribution in [0.5, 0.6) is 5.75 Å². The van der Waals surface area contributed by atoms with E-state index < -0.39 is 0 Å². The molecule has 0 spiro atoms. The van der Waals surface area contributed by atoms with Gasteiger partial charge in [-0.05, 0) is 30.7 Å². The number of aryl methyl sites for hydroxylation is 1. The van der Waals surface area contributed by atoms with Gasteiger partial charge >= 0.3 is 0 Å². The zero-order valence-electron chi connectivity index (χ0n) is 18.2. The highest BCUT2D eigenvalue weighted by Gasteiger charge is 2.19. The van der Waals surface area contributed by atoms with Gasteiger partial charge in [-0.15, -0.1) is 0 Å². The Labute approximate surface area is 186 Å². The highest BCUT2D eigenvalue weighted by molar-refractivity contribution is 5.80. The molecule has 1 amide bonds. The van der Waals surface area contributed by atoms with Crippen molar-refractivity contribution in [2.75, 3.05) is 7.11 Å².